The maximum Gasteiger partial charge on any atom is 0.327 e. The summed E-state index contributed by atoms with van der Waals surface area (Å²) >= 11 is 0. The Balaban J connectivity index is 2.98. The molecule has 0 spiro atoms. The van der Waals surface area contributed by atoms with Crippen LogP contribution in [-0.4, -0.2) is 24.6 Å². The van der Waals surface area contributed by atoms with Crippen molar-refractivity contribution >= 4 is 11.2 Å². The second kappa shape index (κ2) is 2.56. The number of aliphatic hydroxyl groups is 1. The van der Waals surface area contributed by atoms with E-state index in [0.717, 1.165) is 0 Å². The number of aromatic amines is 2. The number of aliphatic hydroxyl groups excluding tert-OH is 1. The van der Waals surface area contributed by atoms with Crippen LogP contribution in [0.25, 0.3) is 11.2 Å². The number of H-pyrrole nitrogens is 2. The second-order valence-corrected chi connectivity index (χ2v) is 2.46. The molecule has 2 rings (SSSR count). The van der Waals surface area contributed by atoms with Gasteiger partial charge in [-0.3, -0.25) is 19.3 Å². The summed E-state index contributed by atoms with van der Waals surface area (Å²) < 4.78 is 1.26. The monoisotopic (exact) mass is 182 g/mol. The molecule has 68 valence electrons. The smallest absolute Gasteiger partial charge is 0.327 e. The topological polar surface area (TPSA) is 104 Å². The number of aromatic nitrogens is 4. The van der Waals surface area contributed by atoms with Gasteiger partial charge in [0.25, 0.3) is 5.56 Å². The van der Waals surface area contributed by atoms with Gasteiger partial charge in [0, 0.05) is 0 Å². The summed E-state index contributed by atoms with van der Waals surface area (Å²) in [6.07, 6.45) is 1.27. The van der Waals surface area contributed by atoms with Crippen molar-refractivity contribution in [3.8, 4) is 0 Å². The number of hydrogen-bond donors (Lipinski definition) is 3. The normalized spacial score (nSPS) is 10.8. The fraction of sp³-hybridized carbons (Fsp3) is 0.167. The first-order chi connectivity index (χ1) is 6.22. The fourth-order valence-corrected chi connectivity index (χ4v) is 1.09. The molecule has 0 aliphatic carbocycles. The van der Waals surface area contributed by atoms with Gasteiger partial charge in [0.05, 0.1) is 6.33 Å². The summed E-state index contributed by atoms with van der Waals surface area (Å²) in [4.78, 5) is 30.0. The third-order valence-electron chi connectivity index (χ3n) is 1.66. The van der Waals surface area contributed by atoms with Gasteiger partial charge >= 0.3 is 5.69 Å². The molecule has 3 N–H and O–H groups in total. The standard InChI is InChI=1S/C6H6N4O3/c11-2-10-1-7-3-4(10)8-6(13)9-5(3)12/h1,11H,2H2,(H2,8,9,12,13). The minimum absolute atomic E-state index is 0.105. The number of rotatable bonds is 1. The largest absolute Gasteiger partial charge is 0.376 e. The maximum atomic E-state index is 11.1. The molecule has 0 atom stereocenters. The van der Waals surface area contributed by atoms with Gasteiger partial charge in [0.15, 0.2) is 5.52 Å². The molecule has 0 unspecified atom stereocenters. The van der Waals surface area contributed by atoms with Crippen LogP contribution in [0.3, 0.4) is 0 Å². The number of fused-ring (bicyclic) bond motifs is 1. The zero-order valence-corrected chi connectivity index (χ0v) is 6.44. The van der Waals surface area contributed by atoms with Crippen LogP contribution in [0, 0.1) is 0 Å². The van der Waals surface area contributed by atoms with Crippen LogP contribution in [-0.2, 0) is 6.73 Å². The molecule has 0 bridgehead atoms. The lowest BCUT2D eigenvalue weighted by Crippen LogP contribution is -2.22. The van der Waals surface area contributed by atoms with Gasteiger partial charge in [-0.2, -0.15) is 0 Å². The highest BCUT2D eigenvalue weighted by Gasteiger charge is 2.05. The van der Waals surface area contributed by atoms with Crippen molar-refractivity contribution in [2.45, 2.75) is 6.73 Å². The van der Waals surface area contributed by atoms with E-state index < -0.39 is 11.2 Å². The predicted molar refractivity (Wildman–Crippen MR) is 43.2 cm³/mol. The summed E-state index contributed by atoms with van der Waals surface area (Å²) in [5.74, 6) is 0. The summed E-state index contributed by atoms with van der Waals surface area (Å²) in [7, 11) is 0. The maximum absolute atomic E-state index is 11.1. The summed E-state index contributed by atoms with van der Waals surface area (Å²) in [5.41, 5.74) is -0.858. The van der Waals surface area contributed by atoms with E-state index in [1.165, 1.54) is 10.9 Å². The van der Waals surface area contributed by atoms with Crippen molar-refractivity contribution in [2.24, 2.45) is 0 Å². The number of nitrogens with zero attached hydrogens (tertiary/aromatic N) is 2. The number of hydrogen-bond acceptors (Lipinski definition) is 4. The molecule has 0 aliphatic heterocycles. The van der Waals surface area contributed by atoms with Crippen LogP contribution in [0.15, 0.2) is 15.9 Å². The SMILES string of the molecule is O=c1[nH]c(=O)c2ncn(CO)c2[nH]1. The van der Waals surface area contributed by atoms with Crippen LogP contribution in [0.4, 0.5) is 0 Å². The summed E-state index contributed by atoms with van der Waals surface area (Å²) in [5, 5.41) is 8.79. The summed E-state index contributed by atoms with van der Waals surface area (Å²) in [6, 6.07) is 0. The zero-order valence-electron chi connectivity index (χ0n) is 6.44. The first-order valence-electron chi connectivity index (χ1n) is 3.50. The lowest BCUT2D eigenvalue weighted by atomic mass is 10.5. The van der Waals surface area contributed by atoms with Crippen molar-refractivity contribution in [1.29, 1.82) is 0 Å². The molecular formula is C6H6N4O3. The molecule has 7 heteroatoms. The molecule has 0 amide bonds. The predicted octanol–water partition coefficient (Wildman–Crippen LogP) is -1.64. The Morgan fingerprint density at radius 1 is 1.46 bits per heavy atom. The molecular weight excluding hydrogens is 176 g/mol. The molecule has 0 radical (unpaired) electrons. The van der Waals surface area contributed by atoms with E-state index in [1.807, 2.05) is 4.98 Å². The minimum Gasteiger partial charge on any atom is -0.376 e. The van der Waals surface area contributed by atoms with Gasteiger partial charge in [-0.25, -0.2) is 9.78 Å². The van der Waals surface area contributed by atoms with Crippen LogP contribution in [0.1, 0.15) is 0 Å². The number of nitrogens with one attached hydrogen (secondary N) is 2. The molecule has 0 aromatic carbocycles. The Morgan fingerprint density at radius 3 is 2.92 bits per heavy atom. The Kier molecular flexibility index (Phi) is 1.52. The Bertz CT molecular complexity index is 549. The van der Waals surface area contributed by atoms with Gasteiger partial charge in [0.1, 0.15) is 12.4 Å². The third-order valence-corrected chi connectivity index (χ3v) is 1.66. The minimum atomic E-state index is -0.618. The van der Waals surface area contributed by atoms with Crippen molar-refractivity contribution in [3.05, 3.63) is 27.2 Å². The van der Waals surface area contributed by atoms with E-state index in [-0.39, 0.29) is 17.9 Å². The first-order valence-corrected chi connectivity index (χ1v) is 3.50. The molecule has 7 nitrogen and oxygen atoms in total. The highest BCUT2D eigenvalue weighted by Crippen LogP contribution is 2.00. The average molecular weight is 182 g/mol. The molecule has 13 heavy (non-hydrogen) atoms. The molecule has 2 heterocycles. The van der Waals surface area contributed by atoms with Gasteiger partial charge in [-0.15, -0.1) is 0 Å². The number of imidazole rings is 1. The highest BCUT2D eigenvalue weighted by molar-refractivity contribution is 5.68. The lowest BCUT2D eigenvalue weighted by molar-refractivity contribution is 0.214. The van der Waals surface area contributed by atoms with Gasteiger partial charge in [-0.1, -0.05) is 0 Å². The van der Waals surface area contributed by atoms with Crippen LogP contribution < -0.4 is 11.2 Å². The van der Waals surface area contributed by atoms with E-state index >= 15 is 0 Å². The average Bonchev–Trinajstić information content (AvgIpc) is 2.47. The molecule has 2 aromatic rings. The van der Waals surface area contributed by atoms with E-state index in [4.69, 9.17) is 5.11 Å². The van der Waals surface area contributed by atoms with Crippen molar-refractivity contribution in [3.63, 3.8) is 0 Å². The molecule has 0 fully saturated rings. The Labute approximate surface area is 70.7 Å². The van der Waals surface area contributed by atoms with Gasteiger partial charge in [-0.05, 0) is 0 Å². The van der Waals surface area contributed by atoms with Crippen molar-refractivity contribution in [2.75, 3.05) is 0 Å². The van der Waals surface area contributed by atoms with E-state index in [1.54, 1.807) is 0 Å². The Morgan fingerprint density at radius 2 is 2.23 bits per heavy atom. The molecule has 2 aromatic heterocycles. The van der Waals surface area contributed by atoms with Crippen LogP contribution in [0.5, 0.6) is 0 Å². The van der Waals surface area contributed by atoms with Gasteiger partial charge < -0.3 is 5.11 Å². The molecule has 0 saturated carbocycles. The molecule has 0 saturated heterocycles. The Hall–Kier alpha value is -1.89. The lowest BCUT2D eigenvalue weighted by Gasteiger charge is -1.95. The fourth-order valence-electron chi connectivity index (χ4n) is 1.09. The second-order valence-electron chi connectivity index (χ2n) is 2.46. The van der Waals surface area contributed by atoms with E-state index in [9.17, 15) is 9.59 Å². The first kappa shape index (κ1) is 7.74. The van der Waals surface area contributed by atoms with Crippen molar-refractivity contribution < 1.29 is 5.11 Å². The van der Waals surface area contributed by atoms with Crippen molar-refractivity contribution in [1.82, 2.24) is 19.5 Å². The third kappa shape index (κ3) is 1.05. The highest BCUT2D eigenvalue weighted by atomic mass is 16.3. The van der Waals surface area contributed by atoms with Crippen LogP contribution >= 0.6 is 0 Å². The zero-order chi connectivity index (χ0) is 9.42. The molecule has 0 aliphatic rings. The van der Waals surface area contributed by atoms with E-state index in [2.05, 4.69) is 9.97 Å². The quantitative estimate of drug-likeness (QED) is 0.492. The van der Waals surface area contributed by atoms with Crippen LogP contribution in [0.2, 0.25) is 0 Å². The van der Waals surface area contributed by atoms with E-state index in [0.29, 0.717) is 0 Å². The van der Waals surface area contributed by atoms with Gasteiger partial charge in [0.2, 0.25) is 0 Å². The summed E-state index contributed by atoms with van der Waals surface area (Å²) in [6.45, 7) is -0.337.